The van der Waals surface area contributed by atoms with Gasteiger partial charge in [0, 0.05) is 33.5 Å². The number of rotatable bonds is 7. The van der Waals surface area contributed by atoms with Crippen molar-refractivity contribution < 1.29 is 0 Å². The summed E-state index contributed by atoms with van der Waals surface area (Å²) in [5.41, 5.74) is 19.5. The summed E-state index contributed by atoms with van der Waals surface area (Å²) >= 11 is 0. The Morgan fingerprint density at radius 1 is 0.373 bits per heavy atom. The van der Waals surface area contributed by atoms with Gasteiger partial charge in [0.2, 0.25) is 0 Å². The van der Waals surface area contributed by atoms with Crippen molar-refractivity contribution >= 4 is 50.0 Å². The monoisotopic (exact) mass is 762 g/mol. The molecular weight excluding hydrogens is 713 g/mol. The Balaban J connectivity index is 1.08. The number of hydrogen-bond donors (Lipinski definition) is 0. The summed E-state index contributed by atoms with van der Waals surface area (Å²) in [6.07, 6.45) is 10.4. The zero-order valence-electron chi connectivity index (χ0n) is 33.8. The molecule has 10 rings (SSSR count). The van der Waals surface area contributed by atoms with Crippen LogP contribution in [0, 0.1) is 0 Å². The zero-order chi connectivity index (χ0) is 39.5. The lowest BCUT2D eigenvalue weighted by Gasteiger charge is -2.29. The molecule has 0 saturated heterocycles. The summed E-state index contributed by atoms with van der Waals surface area (Å²) in [6, 6.07) is 66.7. The number of aromatic nitrogens is 1. The van der Waals surface area contributed by atoms with Crippen LogP contribution in [-0.4, -0.2) is 4.57 Å². The lowest BCUT2D eigenvalue weighted by Crippen LogP contribution is -2.10. The van der Waals surface area contributed by atoms with E-state index in [1.54, 1.807) is 5.57 Å². The number of para-hydroxylation sites is 3. The molecule has 2 heteroatoms. The third kappa shape index (κ3) is 7.14. The summed E-state index contributed by atoms with van der Waals surface area (Å²) in [7, 11) is 0. The summed E-state index contributed by atoms with van der Waals surface area (Å²) in [4.78, 5) is 2.37. The highest BCUT2D eigenvalue weighted by molar-refractivity contribution is 6.10. The van der Waals surface area contributed by atoms with Crippen LogP contribution in [0.5, 0.6) is 0 Å². The van der Waals surface area contributed by atoms with Crippen LogP contribution in [0.4, 0.5) is 17.1 Å². The van der Waals surface area contributed by atoms with Crippen molar-refractivity contribution in [1.29, 1.82) is 0 Å². The minimum atomic E-state index is 1.04. The van der Waals surface area contributed by atoms with Crippen molar-refractivity contribution in [3.8, 4) is 16.8 Å². The van der Waals surface area contributed by atoms with Crippen LogP contribution in [0.25, 0.3) is 49.8 Å². The quantitative estimate of drug-likeness (QED) is 0.157. The fourth-order valence-corrected chi connectivity index (χ4v) is 9.77. The topological polar surface area (TPSA) is 8.17 Å². The summed E-state index contributed by atoms with van der Waals surface area (Å²) in [5.74, 6) is 0. The van der Waals surface area contributed by atoms with E-state index in [1.165, 1.54) is 104 Å². The molecular formula is C57H50N2. The fourth-order valence-electron chi connectivity index (χ4n) is 9.77. The number of nitrogens with zero attached hydrogens (tertiary/aromatic N) is 2. The molecule has 0 aliphatic heterocycles. The molecule has 1 saturated carbocycles. The third-order valence-corrected chi connectivity index (χ3v) is 12.6. The van der Waals surface area contributed by atoms with Crippen molar-refractivity contribution in [1.82, 2.24) is 4.57 Å². The van der Waals surface area contributed by atoms with Gasteiger partial charge in [-0.15, -0.1) is 0 Å². The van der Waals surface area contributed by atoms with Gasteiger partial charge in [0.1, 0.15) is 0 Å². The van der Waals surface area contributed by atoms with Gasteiger partial charge in [0.25, 0.3) is 0 Å². The van der Waals surface area contributed by atoms with Gasteiger partial charge in [-0.2, -0.15) is 0 Å². The lowest BCUT2D eigenvalue weighted by molar-refractivity contribution is 0.662. The maximum atomic E-state index is 4.83. The Morgan fingerprint density at radius 2 is 0.881 bits per heavy atom. The van der Waals surface area contributed by atoms with Crippen LogP contribution >= 0.6 is 0 Å². The molecule has 2 aliphatic rings. The van der Waals surface area contributed by atoms with E-state index < -0.39 is 0 Å². The zero-order valence-corrected chi connectivity index (χ0v) is 33.8. The molecule has 0 atom stereocenters. The molecule has 0 unspecified atom stereocenters. The van der Waals surface area contributed by atoms with Crippen LogP contribution in [0.15, 0.2) is 205 Å². The Morgan fingerprint density at radius 3 is 1.61 bits per heavy atom. The molecule has 59 heavy (non-hydrogen) atoms. The number of fused-ring (bicyclic) bond motifs is 4. The van der Waals surface area contributed by atoms with Crippen molar-refractivity contribution in [2.45, 2.75) is 57.8 Å². The van der Waals surface area contributed by atoms with Crippen molar-refractivity contribution in [2.75, 3.05) is 4.90 Å². The Labute approximate surface area is 349 Å². The van der Waals surface area contributed by atoms with Crippen LogP contribution in [0.2, 0.25) is 0 Å². The molecule has 8 aromatic rings. The first-order valence-corrected chi connectivity index (χ1v) is 21.5. The van der Waals surface area contributed by atoms with E-state index in [4.69, 9.17) is 6.58 Å². The predicted molar refractivity (Wildman–Crippen MR) is 252 cm³/mol. The van der Waals surface area contributed by atoms with Gasteiger partial charge in [0.05, 0.1) is 11.0 Å². The average molecular weight is 763 g/mol. The average Bonchev–Trinajstić information content (AvgIpc) is 3.63. The minimum absolute atomic E-state index is 1.04. The molecule has 0 spiro atoms. The van der Waals surface area contributed by atoms with E-state index in [1.807, 2.05) is 0 Å². The first-order chi connectivity index (χ1) is 29.2. The maximum absolute atomic E-state index is 4.83. The number of anilines is 3. The summed E-state index contributed by atoms with van der Waals surface area (Å²) in [6.45, 7) is 4.83. The third-order valence-electron chi connectivity index (χ3n) is 12.6. The van der Waals surface area contributed by atoms with Gasteiger partial charge >= 0.3 is 0 Å². The van der Waals surface area contributed by atoms with Gasteiger partial charge < -0.3 is 9.47 Å². The predicted octanol–water partition coefficient (Wildman–Crippen LogP) is 16.2. The highest BCUT2D eigenvalue weighted by Crippen LogP contribution is 2.46. The van der Waals surface area contributed by atoms with Crippen LogP contribution in [0.1, 0.15) is 68.9 Å². The molecule has 0 N–H and O–H groups in total. The summed E-state index contributed by atoms with van der Waals surface area (Å²) < 4.78 is 2.43. The Bertz CT molecular complexity index is 2820. The van der Waals surface area contributed by atoms with Crippen molar-refractivity contribution in [2.24, 2.45) is 0 Å². The minimum Gasteiger partial charge on any atom is -0.311 e. The first kappa shape index (κ1) is 36.7. The van der Waals surface area contributed by atoms with Crippen LogP contribution in [0.3, 0.4) is 0 Å². The molecule has 0 radical (unpaired) electrons. The number of allylic oxidation sites excluding steroid dienone is 5. The van der Waals surface area contributed by atoms with Crippen molar-refractivity contribution in [3.63, 3.8) is 0 Å². The van der Waals surface area contributed by atoms with Crippen molar-refractivity contribution in [3.05, 3.63) is 216 Å². The SMILES string of the molecule is C=C1CCCCC/C(c2ccc3c(c2)c2ccccc2n3-c2ccccc2)=C2/CCCC/C2=C/1c1ccc(N(c2ccccc2)c2ccc(-c3ccccc3)cc2)cc1. The molecule has 2 nitrogen and oxygen atoms in total. The Hall–Kier alpha value is -6.64. The molecule has 1 heterocycles. The standard InChI is InChI=1S/C57H50N2/c1-41-18-6-2-13-25-50(45-34-39-56-54(40-45)52-27-16-17-29-55(52)59(56)47-23-11-5-12-24-47)51-26-14-15-28-53(51)57(41)44-32-37-49(38-33-44)58(46-21-9-4-10-22-46)48-35-30-43(31-36-48)42-19-7-3-8-20-42/h3-5,7-12,16-17,19-24,27,29-40H,1-2,6,13-15,18,25-26,28H2/b51-50+,57-53+. The second kappa shape index (κ2) is 16.3. The normalized spacial score (nSPS) is 17.5. The van der Waals surface area contributed by atoms with Gasteiger partial charge in [-0.1, -0.05) is 128 Å². The number of hydrogen-bond acceptors (Lipinski definition) is 1. The molecule has 0 bridgehead atoms. The smallest absolute Gasteiger partial charge is 0.0541 e. The molecule has 1 aromatic heterocycles. The second-order valence-corrected chi connectivity index (χ2v) is 16.2. The summed E-state index contributed by atoms with van der Waals surface area (Å²) in [5, 5.41) is 2.63. The van der Waals surface area contributed by atoms with Gasteiger partial charge in [-0.3, -0.25) is 0 Å². The second-order valence-electron chi connectivity index (χ2n) is 16.2. The van der Waals surface area contributed by atoms with E-state index in [0.717, 1.165) is 42.7 Å². The van der Waals surface area contributed by atoms with E-state index in [0.29, 0.717) is 0 Å². The lowest BCUT2D eigenvalue weighted by atomic mass is 9.76. The van der Waals surface area contributed by atoms with Gasteiger partial charge in [-0.05, 0) is 168 Å². The Kier molecular flexibility index (Phi) is 10.1. The van der Waals surface area contributed by atoms with Crippen LogP contribution < -0.4 is 4.90 Å². The molecule has 288 valence electrons. The van der Waals surface area contributed by atoms with E-state index in [2.05, 4.69) is 191 Å². The first-order valence-electron chi connectivity index (χ1n) is 21.5. The fraction of sp³-hybridized carbons (Fsp3) is 0.158. The molecule has 7 aromatic carbocycles. The maximum Gasteiger partial charge on any atom is 0.0541 e. The van der Waals surface area contributed by atoms with E-state index in [-0.39, 0.29) is 0 Å². The van der Waals surface area contributed by atoms with Crippen LogP contribution in [-0.2, 0) is 0 Å². The largest absolute Gasteiger partial charge is 0.311 e. The molecule has 1 fully saturated rings. The van der Waals surface area contributed by atoms with Gasteiger partial charge in [-0.25, -0.2) is 0 Å². The van der Waals surface area contributed by atoms with E-state index >= 15 is 0 Å². The number of benzene rings is 7. The highest BCUT2D eigenvalue weighted by Gasteiger charge is 2.25. The molecule has 0 amide bonds. The van der Waals surface area contributed by atoms with Gasteiger partial charge in [0.15, 0.2) is 0 Å². The van der Waals surface area contributed by atoms with E-state index in [9.17, 15) is 0 Å². The molecule has 2 aliphatic carbocycles. The highest BCUT2D eigenvalue weighted by atomic mass is 15.1.